The van der Waals surface area contributed by atoms with Crippen LogP contribution in [0.25, 0.3) is 0 Å². The second kappa shape index (κ2) is 6.78. The van der Waals surface area contributed by atoms with E-state index in [-0.39, 0.29) is 35.3 Å². The van der Waals surface area contributed by atoms with Crippen LogP contribution in [0.15, 0.2) is 0 Å². The van der Waals surface area contributed by atoms with Gasteiger partial charge in [0.2, 0.25) is 0 Å². The van der Waals surface area contributed by atoms with Crippen molar-refractivity contribution in [3.63, 3.8) is 0 Å². The van der Waals surface area contributed by atoms with E-state index >= 15 is 0 Å². The van der Waals surface area contributed by atoms with Crippen LogP contribution in [0.1, 0.15) is 47.5 Å². The molecule has 2 aliphatic rings. The summed E-state index contributed by atoms with van der Waals surface area (Å²) in [5, 5.41) is 0. The first-order valence-electron chi connectivity index (χ1n) is 8.66. The second-order valence-electron chi connectivity index (χ2n) is 7.17. The van der Waals surface area contributed by atoms with Crippen molar-refractivity contribution in [2.45, 2.75) is 70.6 Å². The van der Waals surface area contributed by atoms with Crippen LogP contribution in [-0.4, -0.2) is 72.1 Å². The fraction of sp³-hybridized carbons (Fsp3) is 0.882. The number of carbonyl (C=O) groups excluding carboxylic acids is 2. The predicted octanol–water partition coefficient (Wildman–Crippen LogP) is 2.63. The Bertz CT molecular complexity index is 495. The molecule has 2 fully saturated rings. The van der Waals surface area contributed by atoms with E-state index in [1.165, 1.54) is 0 Å². The summed E-state index contributed by atoms with van der Waals surface area (Å²) >= 11 is 0. The van der Waals surface area contributed by atoms with Gasteiger partial charge in [0.15, 0.2) is 0 Å². The van der Waals surface area contributed by atoms with Gasteiger partial charge < -0.3 is 14.2 Å². The lowest BCUT2D eigenvalue weighted by molar-refractivity contribution is 0.122. The van der Waals surface area contributed by atoms with Crippen LogP contribution in [0.3, 0.4) is 0 Å². The van der Waals surface area contributed by atoms with Crippen molar-refractivity contribution in [2.24, 2.45) is 0 Å². The van der Waals surface area contributed by atoms with Crippen LogP contribution in [-0.2, 0) is 14.2 Å². The summed E-state index contributed by atoms with van der Waals surface area (Å²) in [6, 6.07) is 0.167. The Morgan fingerprint density at radius 2 is 1.50 bits per heavy atom. The molecule has 0 N–H and O–H groups in total. The lowest BCUT2D eigenvalue weighted by atomic mass is 9.97. The van der Waals surface area contributed by atoms with Gasteiger partial charge >= 0.3 is 12.2 Å². The summed E-state index contributed by atoms with van der Waals surface area (Å²) in [4.78, 5) is 27.6. The number of methoxy groups -OCH3 is 1. The maximum absolute atomic E-state index is 12.1. The Morgan fingerprint density at radius 1 is 0.958 bits per heavy atom. The molecule has 0 aromatic heterocycles. The average molecular weight is 342 g/mol. The van der Waals surface area contributed by atoms with Gasteiger partial charge in [0.05, 0.1) is 43.0 Å². The highest BCUT2D eigenvalue weighted by Crippen LogP contribution is 2.50. The number of amides is 2. The molecular formula is C17H30N2O5. The lowest BCUT2D eigenvalue weighted by Gasteiger charge is -2.12. The number of rotatable bonds is 7. The standard InChI is InChI=1S/C17H30N2O5/c1-7-23-14(20)18-12(16(18,3)4)9-10-17(5)13(11-22-6)19(17)15(21)24-8-2/h12-13H,7-11H2,1-6H3. The third kappa shape index (κ3) is 3.18. The zero-order valence-electron chi connectivity index (χ0n) is 15.6. The SMILES string of the molecule is CCOC(=O)N1C(CCC2(C)C(COC)N2C(=O)OCC)C1(C)C. The van der Waals surface area contributed by atoms with Gasteiger partial charge in [-0.05, 0) is 47.5 Å². The van der Waals surface area contributed by atoms with Crippen molar-refractivity contribution in [1.82, 2.24) is 9.80 Å². The molecule has 2 aliphatic heterocycles. The molecule has 138 valence electrons. The molecule has 2 amide bonds. The molecular weight excluding hydrogens is 312 g/mol. The van der Waals surface area contributed by atoms with Crippen molar-refractivity contribution in [1.29, 1.82) is 0 Å². The monoisotopic (exact) mass is 342 g/mol. The molecule has 2 saturated heterocycles. The van der Waals surface area contributed by atoms with E-state index in [1.54, 1.807) is 30.8 Å². The molecule has 2 heterocycles. The maximum atomic E-state index is 12.1. The Kier molecular flexibility index (Phi) is 5.32. The zero-order valence-corrected chi connectivity index (χ0v) is 15.6. The van der Waals surface area contributed by atoms with E-state index < -0.39 is 0 Å². The number of ether oxygens (including phenoxy) is 3. The molecule has 0 radical (unpaired) electrons. The molecule has 0 spiro atoms. The van der Waals surface area contributed by atoms with Crippen molar-refractivity contribution < 1.29 is 23.8 Å². The normalized spacial score (nSPS) is 30.1. The van der Waals surface area contributed by atoms with Crippen molar-refractivity contribution in [2.75, 3.05) is 26.9 Å². The van der Waals surface area contributed by atoms with Gasteiger partial charge in [-0.3, -0.25) is 9.80 Å². The predicted molar refractivity (Wildman–Crippen MR) is 88.9 cm³/mol. The Hall–Kier alpha value is -1.50. The molecule has 24 heavy (non-hydrogen) atoms. The van der Waals surface area contributed by atoms with E-state index in [0.717, 1.165) is 12.8 Å². The molecule has 0 saturated carbocycles. The summed E-state index contributed by atoms with van der Waals surface area (Å²) in [5.41, 5.74) is -0.468. The molecule has 3 unspecified atom stereocenters. The van der Waals surface area contributed by atoms with E-state index in [2.05, 4.69) is 6.92 Å². The minimum Gasteiger partial charge on any atom is -0.450 e. The van der Waals surface area contributed by atoms with Gasteiger partial charge in [-0.1, -0.05) is 0 Å². The average Bonchev–Trinajstić information content (AvgIpc) is 3.28. The molecule has 0 aromatic rings. The number of carbonyl (C=O) groups is 2. The van der Waals surface area contributed by atoms with Crippen LogP contribution in [0.2, 0.25) is 0 Å². The first-order chi connectivity index (χ1) is 11.3. The molecule has 2 rings (SSSR count). The van der Waals surface area contributed by atoms with Gasteiger partial charge in [-0.2, -0.15) is 0 Å². The third-order valence-corrected chi connectivity index (χ3v) is 5.37. The van der Waals surface area contributed by atoms with Crippen LogP contribution >= 0.6 is 0 Å². The van der Waals surface area contributed by atoms with E-state index in [1.807, 2.05) is 13.8 Å². The first kappa shape index (κ1) is 18.8. The lowest BCUT2D eigenvalue weighted by Crippen LogP contribution is -2.22. The van der Waals surface area contributed by atoms with Crippen LogP contribution in [0.4, 0.5) is 9.59 Å². The summed E-state index contributed by atoms with van der Waals surface area (Å²) in [7, 11) is 1.63. The minimum absolute atomic E-state index is 0.0273. The van der Waals surface area contributed by atoms with Crippen LogP contribution in [0.5, 0.6) is 0 Å². The summed E-state index contributed by atoms with van der Waals surface area (Å²) in [6.07, 6.45) is 1.06. The topological polar surface area (TPSA) is 67.9 Å². The molecule has 0 bridgehead atoms. The zero-order chi connectivity index (χ0) is 18.1. The van der Waals surface area contributed by atoms with Gasteiger partial charge in [0, 0.05) is 7.11 Å². The molecule has 3 atom stereocenters. The third-order valence-electron chi connectivity index (χ3n) is 5.37. The second-order valence-corrected chi connectivity index (χ2v) is 7.17. The quantitative estimate of drug-likeness (QED) is 0.665. The summed E-state index contributed by atoms with van der Waals surface area (Å²) < 4.78 is 15.5. The fourth-order valence-electron chi connectivity index (χ4n) is 3.77. The van der Waals surface area contributed by atoms with Crippen molar-refractivity contribution >= 4 is 12.2 Å². The van der Waals surface area contributed by atoms with Gasteiger partial charge in [-0.15, -0.1) is 0 Å². The highest BCUT2D eigenvalue weighted by Gasteiger charge is 2.65. The van der Waals surface area contributed by atoms with Gasteiger partial charge in [0.25, 0.3) is 0 Å². The van der Waals surface area contributed by atoms with Crippen LogP contribution in [0, 0.1) is 0 Å². The van der Waals surface area contributed by atoms with Crippen molar-refractivity contribution in [3.05, 3.63) is 0 Å². The maximum Gasteiger partial charge on any atom is 0.410 e. The first-order valence-corrected chi connectivity index (χ1v) is 8.66. The molecule has 7 nitrogen and oxygen atoms in total. The number of hydrogen-bond donors (Lipinski definition) is 0. The van der Waals surface area contributed by atoms with Gasteiger partial charge in [-0.25, -0.2) is 9.59 Å². The van der Waals surface area contributed by atoms with E-state index in [9.17, 15) is 9.59 Å². The fourth-order valence-corrected chi connectivity index (χ4v) is 3.77. The number of nitrogens with zero attached hydrogens (tertiary/aromatic N) is 2. The molecule has 0 aromatic carbocycles. The minimum atomic E-state index is -0.292. The number of hydrogen-bond acceptors (Lipinski definition) is 5. The molecule has 7 heteroatoms. The molecule has 0 aliphatic carbocycles. The highest BCUT2D eigenvalue weighted by molar-refractivity contribution is 5.74. The summed E-state index contributed by atoms with van der Waals surface area (Å²) in [6.45, 7) is 11.0. The van der Waals surface area contributed by atoms with Crippen LogP contribution < -0.4 is 0 Å². The van der Waals surface area contributed by atoms with E-state index in [0.29, 0.717) is 19.8 Å². The smallest absolute Gasteiger partial charge is 0.410 e. The summed E-state index contributed by atoms with van der Waals surface area (Å²) in [5.74, 6) is 0. The van der Waals surface area contributed by atoms with E-state index in [4.69, 9.17) is 14.2 Å². The highest BCUT2D eigenvalue weighted by atomic mass is 16.6. The van der Waals surface area contributed by atoms with Crippen molar-refractivity contribution in [3.8, 4) is 0 Å². The Morgan fingerprint density at radius 3 is 2.00 bits per heavy atom. The largest absolute Gasteiger partial charge is 0.450 e. The van der Waals surface area contributed by atoms with Gasteiger partial charge in [0.1, 0.15) is 0 Å². The Labute approximate surface area is 144 Å². The Balaban J connectivity index is 1.95.